The maximum atomic E-state index is 13.4. The van der Waals surface area contributed by atoms with Gasteiger partial charge in [0.15, 0.2) is 17.2 Å². The number of carbonyl (C=O) groups is 1. The van der Waals surface area contributed by atoms with Crippen molar-refractivity contribution in [1.82, 2.24) is 24.4 Å². The molecule has 0 aliphatic heterocycles. The first kappa shape index (κ1) is 22.4. The van der Waals surface area contributed by atoms with Crippen LogP contribution in [-0.4, -0.2) is 30.3 Å². The van der Waals surface area contributed by atoms with Gasteiger partial charge in [0.05, 0.1) is 6.54 Å². The fraction of sp³-hybridized carbons (Fsp3) is 0.158. The molecular weight excluding hydrogens is 492 g/mol. The van der Waals surface area contributed by atoms with Crippen LogP contribution < -0.4 is 5.32 Å². The van der Waals surface area contributed by atoms with E-state index in [2.05, 4.69) is 20.5 Å². The van der Waals surface area contributed by atoms with Crippen molar-refractivity contribution in [3.8, 4) is 0 Å². The molecule has 4 rings (SSSR count). The van der Waals surface area contributed by atoms with E-state index in [9.17, 15) is 18.0 Å². The molecule has 0 aliphatic rings. The van der Waals surface area contributed by atoms with E-state index < -0.39 is 23.5 Å². The minimum atomic E-state index is -4.73. The minimum absolute atomic E-state index is 0.0166. The summed E-state index contributed by atoms with van der Waals surface area (Å²) >= 11 is 18.4. The molecule has 1 N–H and O–H groups in total. The number of aryl methyl sites for hydroxylation is 1. The fourth-order valence-corrected chi connectivity index (χ4v) is 3.63. The molecule has 7 nitrogen and oxygen atoms in total. The first-order valence-electron chi connectivity index (χ1n) is 8.95. The van der Waals surface area contributed by atoms with Crippen molar-refractivity contribution in [1.29, 1.82) is 0 Å². The zero-order valence-corrected chi connectivity index (χ0v) is 18.4. The lowest BCUT2D eigenvalue weighted by atomic mass is 10.2. The lowest BCUT2D eigenvalue weighted by Gasteiger charge is -2.09. The molecule has 3 aromatic heterocycles. The maximum absolute atomic E-state index is 13.4. The monoisotopic (exact) mass is 502 g/mol. The third-order valence-corrected chi connectivity index (χ3v) is 5.40. The molecule has 32 heavy (non-hydrogen) atoms. The first-order chi connectivity index (χ1) is 15.0. The lowest BCUT2D eigenvalue weighted by Crippen LogP contribution is -2.16. The van der Waals surface area contributed by atoms with Gasteiger partial charge in [0, 0.05) is 16.9 Å². The highest BCUT2D eigenvalue weighted by molar-refractivity contribution is 6.37. The van der Waals surface area contributed by atoms with Gasteiger partial charge in [0.25, 0.3) is 5.91 Å². The van der Waals surface area contributed by atoms with Gasteiger partial charge in [0.1, 0.15) is 15.7 Å². The summed E-state index contributed by atoms with van der Waals surface area (Å²) in [6, 6.07) is 7.93. The number of hydrogen-bond acceptors (Lipinski definition) is 4. The average molecular weight is 504 g/mol. The Balaban J connectivity index is 1.64. The maximum Gasteiger partial charge on any atom is 0.433 e. The van der Waals surface area contributed by atoms with Crippen LogP contribution in [0.1, 0.15) is 27.4 Å². The van der Waals surface area contributed by atoms with Crippen LogP contribution in [0.15, 0.2) is 36.5 Å². The van der Waals surface area contributed by atoms with Crippen molar-refractivity contribution in [2.45, 2.75) is 19.6 Å². The Morgan fingerprint density at radius 1 is 1.12 bits per heavy atom. The number of carbonyl (C=O) groups excluding carboxylic acids is 1. The number of alkyl halides is 3. The minimum Gasteiger partial charge on any atom is -0.302 e. The Morgan fingerprint density at radius 3 is 2.53 bits per heavy atom. The quantitative estimate of drug-likeness (QED) is 0.398. The summed E-state index contributed by atoms with van der Waals surface area (Å²) in [5.74, 6) is -0.909. The van der Waals surface area contributed by atoms with E-state index in [1.165, 1.54) is 17.8 Å². The molecule has 0 atom stereocenters. The SMILES string of the molecule is Cc1cc(C(F)(F)F)n2nc(C(=O)Nc3nn(Cc4ccccc4Cl)cc3Cl)c(Cl)c2n1. The van der Waals surface area contributed by atoms with Gasteiger partial charge in [-0.15, -0.1) is 0 Å². The molecule has 1 aromatic carbocycles. The molecule has 0 fully saturated rings. The second-order valence-electron chi connectivity index (χ2n) is 6.75. The molecule has 3 heterocycles. The van der Waals surface area contributed by atoms with Crippen LogP contribution in [0, 0.1) is 6.92 Å². The number of amides is 1. The van der Waals surface area contributed by atoms with Crippen molar-refractivity contribution in [2.24, 2.45) is 0 Å². The van der Waals surface area contributed by atoms with Gasteiger partial charge in [-0.25, -0.2) is 9.50 Å². The highest BCUT2D eigenvalue weighted by Gasteiger charge is 2.36. The predicted molar refractivity (Wildman–Crippen MR) is 113 cm³/mol. The molecule has 0 aliphatic carbocycles. The standard InChI is InChI=1S/C19H12Cl3F3N6O/c1-9-6-13(19(23,24)25)31-17(26-9)14(22)15(28-31)18(32)27-16-12(21)8-30(29-16)7-10-4-2-3-5-11(10)20/h2-6,8H,7H2,1H3,(H,27,29,32). The second kappa shape index (κ2) is 8.27. The summed E-state index contributed by atoms with van der Waals surface area (Å²) in [7, 11) is 0. The number of benzene rings is 1. The highest BCUT2D eigenvalue weighted by atomic mass is 35.5. The number of anilines is 1. The Morgan fingerprint density at radius 2 is 1.84 bits per heavy atom. The van der Waals surface area contributed by atoms with Gasteiger partial charge >= 0.3 is 6.18 Å². The van der Waals surface area contributed by atoms with E-state index in [1.54, 1.807) is 18.2 Å². The predicted octanol–water partition coefficient (Wildman–Crippen LogP) is 5.51. The highest BCUT2D eigenvalue weighted by Crippen LogP contribution is 2.32. The van der Waals surface area contributed by atoms with E-state index in [0.29, 0.717) is 9.54 Å². The summed E-state index contributed by atoms with van der Waals surface area (Å²) < 4.78 is 42.1. The molecule has 0 unspecified atom stereocenters. The molecule has 0 bridgehead atoms. The molecule has 166 valence electrons. The number of aromatic nitrogens is 5. The molecule has 0 saturated carbocycles. The third-order valence-electron chi connectivity index (χ3n) is 4.41. The van der Waals surface area contributed by atoms with E-state index in [-0.39, 0.29) is 33.7 Å². The van der Waals surface area contributed by atoms with E-state index >= 15 is 0 Å². The average Bonchev–Trinajstić information content (AvgIpc) is 3.22. The van der Waals surface area contributed by atoms with Gasteiger partial charge in [-0.1, -0.05) is 53.0 Å². The molecule has 0 saturated heterocycles. The van der Waals surface area contributed by atoms with Crippen molar-refractivity contribution >= 4 is 52.2 Å². The van der Waals surface area contributed by atoms with Crippen LogP contribution in [0.4, 0.5) is 19.0 Å². The van der Waals surface area contributed by atoms with Gasteiger partial charge in [-0.2, -0.15) is 23.4 Å². The normalized spacial score (nSPS) is 11.8. The van der Waals surface area contributed by atoms with Crippen LogP contribution in [0.25, 0.3) is 5.65 Å². The van der Waals surface area contributed by atoms with Crippen LogP contribution in [0.5, 0.6) is 0 Å². The summed E-state index contributed by atoms with van der Waals surface area (Å²) in [5, 5.41) is 10.6. The second-order valence-corrected chi connectivity index (χ2v) is 7.94. The van der Waals surface area contributed by atoms with Gasteiger partial charge in [0.2, 0.25) is 0 Å². The smallest absolute Gasteiger partial charge is 0.302 e. The van der Waals surface area contributed by atoms with Crippen LogP contribution in [0.3, 0.4) is 0 Å². The lowest BCUT2D eigenvalue weighted by molar-refractivity contribution is -0.142. The Labute approximate surface area is 193 Å². The van der Waals surface area contributed by atoms with Gasteiger partial charge in [-0.3, -0.25) is 9.48 Å². The van der Waals surface area contributed by atoms with E-state index in [4.69, 9.17) is 34.8 Å². The van der Waals surface area contributed by atoms with Crippen LogP contribution in [0.2, 0.25) is 15.1 Å². The summed E-state index contributed by atoms with van der Waals surface area (Å²) in [6.45, 7) is 1.66. The molecule has 1 amide bonds. The van der Waals surface area contributed by atoms with Crippen LogP contribution in [-0.2, 0) is 12.7 Å². The zero-order valence-electron chi connectivity index (χ0n) is 16.1. The number of nitrogens with zero attached hydrogens (tertiary/aromatic N) is 5. The van der Waals surface area contributed by atoms with Crippen LogP contribution >= 0.6 is 34.8 Å². The summed E-state index contributed by atoms with van der Waals surface area (Å²) in [4.78, 5) is 16.7. The molecule has 0 radical (unpaired) electrons. The molecule has 13 heteroatoms. The van der Waals surface area contributed by atoms with Crippen molar-refractivity contribution < 1.29 is 18.0 Å². The number of fused-ring (bicyclic) bond motifs is 1. The largest absolute Gasteiger partial charge is 0.433 e. The Hall–Kier alpha value is -2.82. The van der Waals surface area contributed by atoms with E-state index in [0.717, 1.165) is 11.6 Å². The Kier molecular flexibility index (Phi) is 5.78. The molecule has 0 spiro atoms. The number of nitrogens with one attached hydrogen (secondary N) is 1. The fourth-order valence-electron chi connectivity index (χ4n) is 2.99. The van der Waals surface area contributed by atoms with Crippen molar-refractivity contribution in [3.05, 3.63) is 74.2 Å². The first-order valence-corrected chi connectivity index (χ1v) is 10.1. The van der Waals surface area contributed by atoms with Gasteiger partial charge in [-0.05, 0) is 24.6 Å². The number of halogens is 6. The van der Waals surface area contributed by atoms with E-state index in [1.807, 2.05) is 6.07 Å². The van der Waals surface area contributed by atoms with Crippen molar-refractivity contribution in [2.75, 3.05) is 5.32 Å². The summed E-state index contributed by atoms with van der Waals surface area (Å²) in [5.41, 5.74) is -1.01. The zero-order chi connectivity index (χ0) is 23.2. The molecule has 4 aromatic rings. The number of hydrogen-bond donors (Lipinski definition) is 1. The van der Waals surface area contributed by atoms with Gasteiger partial charge < -0.3 is 5.32 Å². The van der Waals surface area contributed by atoms with Crippen molar-refractivity contribution in [3.63, 3.8) is 0 Å². The number of rotatable bonds is 4. The third kappa shape index (κ3) is 4.25. The topological polar surface area (TPSA) is 77.1 Å². The summed E-state index contributed by atoms with van der Waals surface area (Å²) in [6.07, 6.45) is -3.26. The Bertz CT molecular complexity index is 1350. The molecular formula is C19H12Cl3F3N6O.